The van der Waals surface area contributed by atoms with Crippen molar-refractivity contribution in [3.05, 3.63) is 35.7 Å². The Hall–Kier alpha value is -1.39. The van der Waals surface area contributed by atoms with Gasteiger partial charge in [0.05, 0.1) is 5.69 Å². The lowest BCUT2D eigenvalue weighted by Crippen LogP contribution is -2.12. The first-order valence-electron chi connectivity index (χ1n) is 4.85. The molecule has 0 aliphatic heterocycles. The van der Waals surface area contributed by atoms with Crippen molar-refractivity contribution in [1.29, 1.82) is 0 Å². The summed E-state index contributed by atoms with van der Waals surface area (Å²) in [7, 11) is 0. The molecule has 0 fully saturated rings. The summed E-state index contributed by atoms with van der Waals surface area (Å²) in [5.41, 5.74) is 7.57. The molecule has 15 heavy (non-hydrogen) atoms. The van der Waals surface area contributed by atoms with Gasteiger partial charge in [-0.3, -0.25) is 0 Å². The molecular formula is C11H13N3S. The molecule has 1 heterocycles. The highest BCUT2D eigenvalue weighted by Gasteiger charge is 2.02. The summed E-state index contributed by atoms with van der Waals surface area (Å²) < 4.78 is 0. The maximum atomic E-state index is 5.41. The predicted octanol–water partition coefficient (Wildman–Crippen LogP) is 2.18. The molecule has 0 atom stereocenters. The monoisotopic (exact) mass is 219 g/mol. The van der Waals surface area contributed by atoms with Crippen molar-refractivity contribution >= 4 is 16.5 Å². The van der Waals surface area contributed by atoms with Crippen LogP contribution in [0.15, 0.2) is 35.7 Å². The van der Waals surface area contributed by atoms with Gasteiger partial charge in [0.2, 0.25) is 0 Å². The Bertz CT molecular complexity index is 411. The molecule has 2 rings (SSSR count). The van der Waals surface area contributed by atoms with Crippen LogP contribution in [-0.4, -0.2) is 18.1 Å². The summed E-state index contributed by atoms with van der Waals surface area (Å²) in [6, 6.07) is 10.1. The molecule has 1 aromatic carbocycles. The molecule has 3 nitrogen and oxygen atoms in total. The van der Waals surface area contributed by atoms with Gasteiger partial charge in [0.15, 0.2) is 5.13 Å². The molecular weight excluding hydrogens is 206 g/mol. The van der Waals surface area contributed by atoms with Crippen LogP contribution in [0.3, 0.4) is 0 Å². The van der Waals surface area contributed by atoms with E-state index >= 15 is 0 Å². The predicted molar refractivity (Wildman–Crippen MR) is 65.1 cm³/mol. The van der Waals surface area contributed by atoms with E-state index in [1.807, 2.05) is 23.6 Å². The van der Waals surface area contributed by atoms with Crippen LogP contribution in [0.25, 0.3) is 11.3 Å². The third-order valence-corrected chi connectivity index (χ3v) is 2.79. The number of nitrogens with one attached hydrogen (secondary N) is 1. The fourth-order valence-electron chi connectivity index (χ4n) is 1.28. The lowest BCUT2D eigenvalue weighted by molar-refractivity contribution is 1.02. The van der Waals surface area contributed by atoms with Gasteiger partial charge < -0.3 is 11.1 Å². The number of aromatic nitrogens is 1. The van der Waals surface area contributed by atoms with Crippen molar-refractivity contribution in [2.24, 2.45) is 5.73 Å². The Morgan fingerprint density at radius 2 is 2.07 bits per heavy atom. The Labute approximate surface area is 93.0 Å². The molecule has 0 aliphatic rings. The van der Waals surface area contributed by atoms with E-state index in [9.17, 15) is 0 Å². The highest BCUT2D eigenvalue weighted by molar-refractivity contribution is 7.14. The molecule has 0 spiro atoms. The highest BCUT2D eigenvalue weighted by atomic mass is 32.1. The topological polar surface area (TPSA) is 50.9 Å². The zero-order valence-corrected chi connectivity index (χ0v) is 9.13. The van der Waals surface area contributed by atoms with Gasteiger partial charge in [-0.05, 0) is 0 Å². The molecule has 0 unspecified atom stereocenters. The van der Waals surface area contributed by atoms with E-state index in [2.05, 4.69) is 22.4 Å². The molecule has 0 amide bonds. The molecule has 0 aliphatic carbocycles. The smallest absolute Gasteiger partial charge is 0.183 e. The number of rotatable bonds is 4. The molecule has 4 heteroatoms. The first-order valence-corrected chi connectivity index (χ1v) is 5.73. The minimum absolute atomic E-state index is 0.625. The number of anilines is 1. The second-order valence-electron chi connectivity index (χ2n) is 3.12. The van der Waals surface area contributed by atoms with Gasteiger partial charge in [-0.2, -0.15) is 0 Å². The van der Waals surface area contributed by atoms with Crippen molar-refractivity contribution in [3.8, 4) is 11.3 Å². The van der Waals surface area contributed by atoms with Crippen molar-refractivity contribution in [2.75, 3.05) is 18.4 Å². The third kappa shape index (κ3) is 2.55. The minimum atomic E-state index is 0.625. The van der Waals surface area contributed by atoms with Gasteiger partial charge in [0.1, 0.15) is 0 Å². The molecule has 0 bridgehead atoms. The van der Waals surface area contributed by atoms with E-state index < -0.39 is 0 Å². The fourth-order valence-corrected chi connectivity index (χ4v) is 2.02. The normalized spacial score (nSPS) is 10.2. The van der Waals surface area contributed by atoms with Crippen molar-refractivity contribution in [2.45, 2.75) is 0 Å². The van der Waals surface area contributed by atoms with E-state index in [1.165, 1.54) is 0 Å². The number of hydrogen-bond donors (Lipinski definition) is 2. The standard InChI is InChI=1S/C11H13N3S/c12-6-7-13-11-14-10(8-15-11)9-4-2-1-3-5-9/h1-5,8H,6-7,12H2,(H,13,14). The van der Waals surface area contributed by atoms with E-state index in [4.69, 9.17) is 5.73 Å². The molecule has 0 saturated carbocycles. The summed E-state index contributed by atoms with van der Waals surface area (Å²) in [5, 5.41) is 6.15. The average Bonchev–Trinajstić information content (AvgIpc) is 2.76. The Morgan fingerprint density at radius 3 is 2.80 bits per heavy atom. The molecule has 78 valence electrons. The van der Waals surface area contributed by atoms with Gasteiger partial charge in [0, 0.05) is 24.0 Å². The number of benzene rings is 1. The second-order valence-corrected chi connectivity index (χ2v) is 3.98. The van der Waals surface area contributed by atoms with Crippen LogP contribution >= 0.6 is 11.3 Å². The first kappa shape index (κ1) is 10.1. The number of nitrogens with two attached hydrogens (primary N) is 1. The SMILES string of the molecule is NCCNc1nc(-c2ccccc2)cs1. The Kier molecular flexibility index (Phi) is 3.32. The van der Waals surface area contributed by atoms with Crippen molar-refractivity contribution in [1.82, 2.24) is 4.98 Å². The number of nitrogens with zero attached hydrogens (tertiary/aromatic N) is 1. The maximum absolute atomic E-state index is 5.41. The van der Waals surface area contributed by atoms with E-state index in [0.29, 0.717) is 6.54 Å². The molecule has 3 N–H and O–H groups in total. The van der Waals surface area contributed by atoms with Gasteiger partial charge in [-0.1, -0.05) is 30.3 Å². The van der Waals surface area contributed by atoms with Crippen molar-refractivity contribution in [3.63, 3.8) is 0 Å². The van der Waals surface area contributed by atoms with Crippen molar-refractivity contribution < 1.29 is 0 Å². The van der Waals surface area contributed by atoms with Crippen LogP contribution in [0.5, 0.6) is 0 Å². The molecule has 0 saturated heterocycles. The van der Waals surface area contributed by atoms with Crippen LogP contribution in [0.1, 0.15) is 0 Å². The third-order valence-electron chi connectivity index (χ3n) is 1.99. The summed E-state index contributed by atoms with van der Waals surface area (Å²) in [5.74, 6) is 0. The molecule has 0 radical (unpaired) electrons. The maximum Gasteiger partial charge on any atom is 0.183 e. The molecule has 2 aromatic rings. The minimum Gasteiger partial charge on any atom is -0.360 e. The Morgan fingerprint density at radius 1 is 1.27 bits per heavy atom. The lowest BCUT2D eigenvalue weighted by atomic mass is 10.2. The average molecular weight is 219 g/mol. The van der Waals surface area contributed by atoms with Crippen LogP contribution in [-0.2, 0) is 0 Å². The first-order chi connectivity index (χ1) is 7.40. The zero-order valence-electron chi connectivity index (χ0n) is 8.31. The van der Waals surface area contributed by atoms with Crippen LogP contribution in [0.2, 0.25) is 0 Å². The van der Waals surface area contributed by atoms with Crippen LogP contribution < -0.4 is 11.1 Å². The second kappa shape index (κ2) is 4.91. The number of hydrogen-bond acceptors (Lipinski definition) is 4. The largest absolute Gasteiger partial charge is 0.360 e. The van der Waals surface area contributed by atoms with Crippen LogP contribution in [0.4, 0.5) is 5.13 Å². The summed E-state index contributed by atoms with van der Waals surface area (Å²) in [6.45, 7) is 1.39. The Balaban J connectivity index is 2.14. The van der Waals surface area contributed by atoms with Crippen LogP contribution in [0, 0.1) is 0 Å². The summed E-state index contributed by atoms with van der Waals surface area (Å²) in [4.78, 5) is 4.47. The molecule has 1 aromatic heterocycles. The quantitative estimate of drug-likeness (QED) is 0.828. The van der Waals surface area contributed by atoms with Gasteiger partial charge >= 0.3 is 0 Å². The number of thiazole rings is 1. The van der Waals surface area contributed by atoms with E-state index in [1.54, 1.807) is 11.3 Å². The lowest BCUT2D eigenvalue weighted by Gasteiger charge is -1.97. The van der Waals surface area contributed by atoms with Gasteiger partial charge in [-0.15, -0.1) is 11.3 Å². The summed E-state index contributed by atoms with van der Waals surface area (Å²) in [6.07, 6.45) is 0. The fraction of sp³-hybridized carbons (Fsp3) is 0.182. The highest BCUT2D eigenvalue weighted by Crippen LogP contribution is 2.24. The zero-order chi connectivity index (χ0) is 10.5. The van der Waals surface area contributed by atoms with Gasteiger partial charge in [0.25, 0.3) is 0 Å². The van der Waals surface area contributed by atoms with E-state index in [-0.39, 0.29) is 0 Å². The van der Waals surface area contributed by atoms with Gasteiger partial charge in [-0.25, -0.2) is 4.98 Å². The van der Waals surface area contributed by atoms with E-state index in [0.717, 1.165) is 22.9 Å². The summed E-state index contributed by atoms with van der Waals surface area (Å²) >= 11 is 1.61.